The molecule has 3 fully saturated rings. The van der Waals surface area contributed by atoms with Crippen LogP contribution in [0.25, 0.3) is 10.9 Å². The van der Waals surface area contributed by atoms with Crippen molar-refractivity contribution in [2.45, 2.75) is 109 Å². The number of nitrogens with zero attached hydrogens (tertiary/aromatic N) is 3. The van der Waals surface area contributed by atoms with Crippen LogP contribution in [0.5, 0.6) is 5.75 Å². The fraction of sp³-hybridized carbons (Fsp3) is 0.500. The molecule has 2 aromatic carbocycles. The SMILES string of the molecule is C=C[C@@H]1C[C@]1(CC(=O)[C@@H]1C[C@@H](Oc2cc(C#N)nc3c(Cl)c(C)ccc23)CN1C(=O)[C@@H](CC(=O)OC1CCCC1)C(C)(C)C)P(=O)(O)Cc1c(F)cccc1F. The Balaban J connectivity index is 1.34. The van der Waals surface area contributed by atoms with Crippen LogP contribution in [-0.2, 0) is 29.8 Å². The van der Waals surface area contributed by atoms with E-state index in [0.29, 0.717) is 15.9 Å². The van der Waals surface area contributed by atoms with Crippen LogP contribution in [0.15, 0.2) is 49.1 Å². The molecule has 1 N–H and O–H groups in total. The number of rotatable bonds is 13. The number of likely N-dealkylation sites (tertiary alicyclic amines) is 1. The lowest BCUT2D eigenvalue weighted by Crippen LogP contribution is -2.48. The molecule has 2 saturated carbocycles. The second-order valence-electron chi connectivity index (χ2n) is 16.6. The lowest BCUT2D eigenvalue weighted by molar-refractivity contribution is -0.156. The molecule has 1 amide bonds. The number of Topliss-reactive ketones (excluding diaryl/α,β-unsaturated/α-hetero) is 1. The van der Waals surface area contributed by atoms with Gasteiger partial charge in [0.05, 0.1) is 46.8 Å². The Morgan fingerprint density at radius 2 is 1.86 bits per heavy atom. The zero-order valence-corrected chi connectivity index (χ0v) is 33.7. The first-order valence-corrected chi connectivity index (χ1v) is 21.2. The van der Waals surface area contributed by atoms with Crippen LogP contribution >= 0.6 is 19.0 Å². The van der Waals surface area contributed by atoms with E-state index in [9.17, 15) is 37.9 Å². The Hall–Kier alpha value is -4.17. The summed E-state index contributed by atoms with van der Waals surface area (Å²) in [6.45, 7) is 11.0. The lowest BCUT2D eigenvalue weighted by Gasteiger charge is -2.35. The molecule has 0 bridgehead atoms. The van der Waals surface area contributed by atoms with Gasteiger partial charge in [0.2, 0.25) is 13.3 Å². The number of allylic oxidation sites excluding steroid dienone is 1. The van der Waals surface area contributed by atoms with E-state index in [0.717, 1.165) is 49.4 Å². The first kappa shape index (κ1) is 41.5. The number of aryl methyl sites for hydroxylation is 1. The van der Waals surface area contributed by atoms with Crippen LogP contribution in [0.3, 0.4) is 0 Å². The highest BCUT2D eigenvalue weighted by molar-refractivity contribution is 7.59. The second kappa shape index (κ2) is 16.0. The molecule has 6 atom stereocenters. The molecule has 14 heteroatoms. The van der Waals surface area contributed by atoms with E-state index < -0.39 is 89.4 Å². The molecule has 6 rings (SSSR count). The van der Waals surface area contributed by atoms with Crippen molar-refractivity contribution in [3.8, 4) is 11.8 Å². The molecular weight excluding hydrogens is 763 g/mol. The molecule has 298 valence electrons. The van der Waals surface area contributed by atoms with Gasteiger partial charge >= 0.3 is 5.97 Å². The van der Waals surface area contributed by atoms with E-state index in [-0.39, 0.29) is 43.4 Å². The number of hydrogen-bond acceptors (Lipinski definition) is 8. The van der Waals surface area contributed by atoms with Gasteiger partial charge in [-0.2, -0.15) is 5.26 Å². The highest BCUT2D eigenvalue weighted by atomic mass is 35.5. The summed E-state index contributed by atoms with van der Waals surface area (Å²) in [5, 5.41) is 9.08. The number of benzene rings is 2. The fourth-order valence-electron chi connectivity index (χ4n) is 8.29. The minimum absolute atomic E-state index is 0.0221. The molecular formula is C42H47ClF2N3O7P. The first-order valence-electron chi connectivity index (χ1n) is 19.0. The smallest absolute Gasteiger partial charge is 0.306 e. The molecule has 0 radical (unpaired) electrons. The van der Waals surface area contributed by atoms with Crippen molar-refractivity contribution in [2.24, 2.45) is 17.3 Å². The Morgan fingerprint density at radius 1 is 1.18 bits per heavy atom. The molecule has 2 aliphatic carbocycles. The molecule has 1 unspecified atom stereocenters. The number of halogens is 3. The van der Waals surface area contributed by atoms with Crippen molar-refractivity contribution < 1.29 is 42.1 Å². The summed E-state index contributed by atoms with van der Waals surface area (Å²) < 4.78 is 55.9. The van der Waals surface area contributed by atoms with Crippen molar-refractivity contribution in [1.82, 2.24) is 9.88 Å². The van der Waals surface area contributed by atoms with E-state index in [1.807, 2.05) is 26.8 Å². The molecule has 1 aromatic heterocycles. The number of nitriles is 1. The molecule has 1 saturated heterocycles. The average molecular weight is 810 g/mol. The zero-order chi connectivity index (χ0) is 40.7. The maximum absolute atomic E-state index is 14.7. The number of amides is 1. The summed E-state index contributed by atoms with van der Waals surface area (Å²) in [5.74, 6) is -4.69. The number of hydrogen-bond donors (Lipinski definition) is 1. The Morgan fingerprint density at radius 3 is 2.46 bits per heavy atom. The topological polar surface area (TPSA) is 147 Å². The highest BCUT2D eigenvalue weighted by Gasteiger charge is 2.65. The number of ether oxygens (including phenoxy) is 2. The van der Waals surface area contributed by atoms with Crippen molar-refractivity contribution in [3.63, 3.8) is 0 Å². The minimum atomic E-state index is -4.48. The van der Waals surface area contributed by atoms with E-state index in [4.69, 9.17) is 21.1 Å². The number of esters is 1. The summed E-state index contributed by atoms with van der Waals surface area (Å²) in [7, 11) is -4.48. The number of fused-ring (bicyclic) bond motifs is 1. The van der Waals surface area contributed by atoms with Gasteiger partial charge < -0.3 is 19.3 Å². The normalized spacial score (nSPS) is 24.0. The van der Waals surface area contributed by atoms with Crippen LogP contribution < -0.4 is 4.74 Å². The van der Waals surface area contributed by atoms with Crippen molar-refractivity contribution in [3.05, 3.63) is 82.5 Å². The molecule has 10 nitrogen and oxygen atoms in total. The largest absolute Gasteiger partial charge is 0.488 e. The maximum Gasteiger partial charge on any atom is 0.306 e. The number of carbonyl (C=O) groups excluding carboxylic acids is 3. The average Bonchev–Trinajstić information content (AvgIpc) is 3.41. The number of aromatic nitrogens is 1. The van der Waals surface area contributed by atoms with Crippen molar-refractivity contribution in [1.29, 1.82) is 5.26 Å². The summed E-state index contributed by atoms with van der Waals surface area (Å²) >= 11 is 6.59. The summed E-state index contributed by atoms with van der Waals surface area (Å²) in [4.78, 5) is 59.9. The standard InChI is InChI=1S/C42H47ClF2N3O7P/c1-6-25-19-42(25,56(52,53)23-30-32(44)12-9-13-33(30)45)20-35(49)34-17-28(54-36-16-26(21-46)47-39-29(36)15-14-24(2)38(39)43)22-48(34)40(51)31(41(3,4)5)18-37(50)55-27-10-7-8-11-27/h6,9,12-16,25,27-28,31,34H,1,7-8,10-11,17-20,22-23H2,2-5H3,(H,52,53)/t25-,28-,31-,34+,42-/m1/s1. The number of carbonyl (C=O) groups is 3. The monoisotopic (exact) mass is 809 g/mol. The molecule has 2 heterocycles. The van der Waals surface area contributed by atoms with Gasteiger partial charge in [0.15, 0.2) is 5.78 Å². The van der Waals surface area contributed by atoms with Crippen LogP contribution in [-0.4, -0.2) is 62.4 Å². The molecule has 3 aromatic rings. The van der Waals surface area contributed by atoms with E-state index in [1.54, 1.807) is 19.1 Å². The van der Waals surface area contributed by atoms with Gasteiger partial charge in [-0.1, -0.05) is 50.6 Å². The third-order valence-electron chi connectivity index (χ3n) is 11.7. The molecule has 1 aliphatic heterocycles. The highest BCUT2D eigenvalue weighted by Crippen LogP contribution is 2.74. The van der Waals surface area contributed by atoms with Gasteiger partial charge in [-0.05, 0) is 74.1 Å². The summed E-state index contributed by atoms with van der Waals surface area (Å²) in [6.07, 6.45) is 2.45. The van der Waals surface area contributed by atoms with E-state index in [2.05, 4.69) is 11.6 Å². The molecule has 56 heavy (non-hydrogen) atoms. The second-order valence-corrected chi connectivity index (χ2v) is 19.6. The van der Waals surface area contributed by atoms with Crippen LogP contribution in [0.1, 0.15) is 89.0 Å². The van der Waals surface area contributed by atoms with Crippen molar-refractivity contribution in [2.75, 3.05) is 6.54 Å². The van der Waals surface area contributed by atoms with Gasteiger partial charge in [0, 0.05) is 29.9 Å². The fourth-order valence-corrected chi connectivity index (χ4v) is 11.1. The molecule has 0 spiro atoms. The number of pyridine rings is 1. The summed E-state index contributed by atoms with van der Waals surface area (Å²) in [6, 6.07) is 9.06. The minimum Gasteiger partial charge on any atom is -0.488 e. The van der Waals surface area contributed by atoms with E-state index >= 15 is 0 Å². The summed E-state index contributed by atoms with van der Waals surface area (Å²) in [5.41, 5.74) is -0.152. The van der Waals surface area contributed by atoms with Gasteiger partial charge in [0.25, 0.3) is 0 Å². The molecule has 3 aliphatic rings. The Kier molecular flexibility index (Phi) is 11.8. The van der Waals surface area contributed by atoms with Crippen LogP contribution in [0, 0.1) is 47.1 Å². The van der Waals surface area contributed by atoms with Crippen LogP contribution in [0.4, 0.5) is 8.78 Å². The van der Waals surface area contributed by atoms with Gasteiger partial charge in [-0.15, -0.1) is 6.58 Å². The third kappa shape index (κ3) is 8.27. The Labute approximate surface area is 330 Å². The lowest BCUT2D eigenvalue weighted by atomic mass is 9.77. The quantitative estimate of drug-likeness (QED) is 0.102. The third-order valence-corrected chi connectivity index (χ3v) is 15.0. The first-order chi connectivity index (χ1) is 26.4. The zero-order valence-electron chi connectivity index (χ0n) is 32.0. The van der Waals surface area contributed by atoms with Gasteiger partial charge in [0.1, 0.15) is 41.4 Å². The van der Waals surface area contributed by atoms with Crippen LogP contribution in [0.2, 0.25) is 5.02 Å². The predicted molar refractivity (Wildman–Crippen MR) is 207 cm³/mol. The van der Waals surface area contributed by atoms with Gasteiger partial charge in [-0.3, -0.25) is 18.9 Å². The van der Waals surface area contributed by atoms with Gasteiger partial charge in [-0.25, -0.2) is 13.8 Å². The van der Waals surface area contributed by atoms with Crippen molar-refractivity contribution >= 4 is 47.5 Å². The maximum atomic E-state index is 14.7. The van der Waals surface area contributed by atoms with E-state index in [1.165, 1.54) is 17.0 Å². The number of ketones is 1. The predicted octanol–water partition coefficient (Wildman–Crippen LogP) is 8.61. The Bertz CT molecular complexity index is 2140.